The van der Waals surface area contributed by atoms with Crippen molar-refractivity contribution in [1.82, 2.24) is 9.21 Å². The Kier molecular flexibility index (Phi) is 7.78. The lowest BCUT2D eigenvalue weighted by molar-refractivity contribution is -0.121. The second-order valence-corrected chi connectivity index (χ2v) is 13.0. The first kappa shape index (κ1) is 25.3. The van der Waals surface area contributed by atoms with Crippen LogP contribution in [0.3, 0.4) is 0 Å². The van der Waals surface area contributed by atoms with E-state index in [0.717, 1.165) is 29.7 Å². The van der Waals surface area contributed by atoms with Crippen molar-refractivity contribution in [2.24, 2.45) is 5.92 Å². The molecule has 2 aromatic heterocycles. The number of fused-ring (bicyclic) bond motifs is 1. The summed E-state index contributed by atoms with van der Waals surface area (Å²) in [4.78, 5) is 29.0. The van der Waals surface area contributed by atoms with Crippen LogP contribution in [0.15, 0.2) is 21.7 Å². The molecule has 3 heterocycles. The van der Waals surface area contributed by atoms with Gasteiger partial charge in [0.05, 0.1) is 18.2 Å². The van der Waals surface area contributed by atoms with Crippen LogP contribution in [0.4, 0.5) is 5.00 Å². The molecule has 0 saturated carbocycles. The molecule has 186 valence electrons. The van der Waals surface area contributed by atoms with Gasteiger partial charge in [0.2, 0.25) is 5.91 Å². The smallest absolute Gasteiger partial charge is 0.341 e. The van der Waals surface area contributed by atoms with Gasteiger partial charge in [-0.15, -0.1) is 22.7 Å². The zero-order valence-corrected chi connectivity index (χ0v) is 22.2. The van der Waals surface area contributed by atoms with E-state index in [0.29, 0.717) is 46.9 Å². The average molecular weight is 526 g/mol. The van der Waals surface area contributed by atoms with Gasteiger partial charge in [0.1, 0.15) is 9.21 Å². The third kappa shape index (κ3) is 5.08. The van der Waals surface area contributed by atoms with Gasteiger partial charge in [-0.3, -0.25) is 9.69 Å². The SMILES string of the molecule is CCOC(=O)c1c(NC(=O)[C@@H](C)N2CCN(S(=O)(=O)c3cccs3)CC2)sc2c1CC[C@@H](C)C2. The van der Waals surface area contributed by atoms with Gasteiger partial charge in [0, 0.05) is 31.1 Å². The number of nitrogens with one attached hydrogen (secondary N) is 1. The Hall–Kier alpha value is -1.79. The molecule has 1 aliphatic heterocycles. The number of thiophene rings is 2. The predicted molar refractivity (Wildman–Crippen MR) is 134 cm³/mol. The summed E-state index contributed by atoms with van der Waals surface area (Å²) in [6.45, 7) is 7.66. The average Bonchev–Trinajstić information content (AvgIpc) is 3.47. The van der Waals surface area contributed by atoms with Crippen LogP contribution in [-0.4, -0.2) is 68.3 Å². The zero-order valence-electron chi connectivity index (χ0n) is 19.7. The zero-order chi connectivity index (χ0) is 24.5. The molecule has 0 aromatic carbocycles. The van der Waals surface area contributed by atoms with Crippen molar-refractivity contribution >= 4 is 49.6 Å². The summed E-state index contributed by atoms with van der Waals surface area (Å²) in [5, 5.41) is 5.31. The molecular weight excluding hydrogens is 494 g/mol. The number of piperazine rings is 1. The minimum atomic E-state index is -3.49. The molecule has 1 fully saturated rings. The third-order valence-corrected chi connectivity index (χ3v) is 11.0. The van der Waals surface area contributed by atoms with Gasteiger partial charge >= 0.3 is 5.97 Å². The highest BCUT2D eigenvalue weighted by Gasteiger charge is 2.34. The second kappa shape index (κ2) is 10.4. The number of rotatable bonds is 7. The van der Waals surface area contributed by atoms with Gasteiger partial charge in [-0.05, 0) is 56.0 Å². The molecule has 2 aromatic rings. The number of carbonyl (C=O) groups excluding carboxylic acids is 2. The maximum Gasteiger partial charge on any atom is 0.341 e. The van der Waals surface area contributed by atoms with Crippen LogP contribution in [-0.2, 0) is 32.4 Å². The molecule has 2 atom stereocenters. The van der Waals surface area contributed by atoms with E-state index >= 15 is 0 Å². The van der Waals surface area contributed by atoms with E-state index in [4.69, 9.17) is 4.74 Å². The molecule has 2 aliphatic rings. The normalized spacial score (nSPS) is 20.5. The Labute approximate surface area is 208 Å². The summed E-state index contributed by atoms with van der Waals surface area (Å²) in [6, 6.07) is 2.89. The number of carbonyl (C=O) groups is 2. The lowest BCUT2D eigenvalue weighted by Gasteiger charge is -2.36. The van der Waals surface area contributed by atoms with Crippen LogP contribution in [0.25, 0.3) is 0 Å². The molecule has 1 saturated heterocycles. The predicted octanol–water partition coefficient (Wildman–Crippen LogP) is 3.44. The van der Waals surface area contributed by atoms with Gasteiger partial charge in [0.25, 0.3) is 10.0 Å². The topological polar surface area (TPSA) is 96.0 Å². The van der Waals surface area contributed by atoms with Crippen molar-refractivity contribution in [3.8, 4) is 0 Å². The number of anilines is 1. The van der Waals surface area contributed by atoms with Crippen molar-refractivity contribution < 1.29 is 22.7 Å². The van der Waals surface area contributed by atoms with E-state index in [1.54, 1.807) is 24.4 Å². The van der Waals surface area contributed by atoms with Crippen LogP contribution >= 0.6 is 22.7 Å². The molecular formula is C23H31N3O5S3. The van der Waals surface area contributed by atoms with Gasteiger partial charge in [-0.1, -0.05) is 13.0 Å². The number of nitrogens with zero attached hydrogens (tertiary/aromatic N) is 2. The molecule has 0 spiro atoms. The molecule has 1 aliphatic carbocycles. The summed E-state index contributed by atoms with van der Waals surface area (Å²) in [5.74, 6) is -0.0397. The second-order valence-electron chi connectivity index (χ2n) is 8.81. The Morgan fingerprint density at radius 2 is 2.00 bits per heavy atom. The van der Waals surface area contributed by atoms with Gasteiger partial charge < -0.3 is 10.1 Å². The molecule has 1 amide bonds. The molecule has 0 unspecified atom stereocenters. The van der Waals surface area contributed by atoms with E-state index in [9.17, 15) is 18.0 Å². The summed E-state index contributed by atoms with van der Waals surface area (Å²) < 4.78 is 32.7. The Bertz CT molecular complexity index is 1140. The number of esters is 1. The first-order valence-corrected chi connectivity index (χ1v) is 14.8. The fourth-order valence-corrected chi connectivity index (χ4v) is 8.48. The van der Waals surface area contributed by atoms with E-state index in [1.807, 2.05) is 11.8 Å². The first-order valence-electron chi connectivity index (χ1n) is 11.6. The molecule has 11 heteroatoms. The van der Waals surface area contributed by atoms with E-state index < -0.39 is 16.1 Å². The highest BCUT2D eigenvalue weighted by atomic mass is 32.2. The van der Waals surface area contributed by atoms with Crippen molar-refractivity contribution in [2.75, 3.05) is 38.1 Å². The van der Waals surface area contributed by atoms with E-state index in [2.05, 4.69) is 12.2 Å². The third-order valence-electron chi connectivity index (χ3n) is 6.52. The van der Waals surface area contributed by atoms with Gasteiger partial charge in [0.15, 0.2) is 0 Å². The number of ether oxygens (including phenoxy) is 1. The fourth-order valence-electron chi connectivity index (χ4n) is 4.51. The summed E-state index contributed by atoms with van der Waals surface area (Å²) in [5.41, 5.74) is 1.51. The Balaban J connectivity index is 1.44. The van der Waals surface area contributed by atoms with Crippen LogP contribution in [0.1, 0.15) is 48.0 Å². The van der Waals surface area contributed by atoms with Crippen LogP contribution in [0.2, 0.25) is 0 Å². The molecule has 4 rings (SSSR count). The minimum Gasteiger partial charge on any atom is -0.462 e. The van der Waals surface area contributed by atoms with E-state index in [-0.39, 0.29) is 18.5 Å². The Morgan fingerprint density at radius 3 is 2.65 bits per heavy atom. The lowest BCUT2D eigenvalue weighted by atomic mass is 9.88. The molecule has 1 N–H and O–H groups in total. The maximum absolute atomic E-state index is 13.2. The van der Waals surface area contributed by atoms with Crippen molar-refractivity contribution in [3.05, 3.63) is 33.5 Å². The molecule has 0 bridgehead atoms. The highest BCUT2D eigenvalue weighted by molar-refractivity contribution is 7.91. The van der Waals surface area contributed by atoms with Crippen LogP contribution < -0.4 is 5.32 Å². The van der Waals surface area contributed by atoms with Gasteiger partial charge in [-0.2, -0.15) is 4.31 Å². The summed E-state index contributed by atoms with van der Waals surface area (Å²) in [6.07, 6.45) is 2.73. The van der Waals surface area contributed by atoms with Crippen LogP contribution in [0, 0.1) is 5.92 Å². The summed E-state index contributed by atoms with van der Waals surface area (Å²) >= 11 is 2.69. The number of amides is 1. The molecule has 34 heavy (non-hydrogen) atoms. The lowest BCUT2D eigenvalue weighted by Crippen LogP contribution is -2.53. The summed E-state index contributed by atoms with van der Waals surface area (Å²) in [7, 11) is -3.49. The van der Waals surface area contributed by atoms with Crippen molar-refractivity contribution in [3.63, 3.8) is 0 Å². The number of hydrogen-bond donors (Lipinski definition) is 1. The van der Waals surface area contributed by atoms with Crippen LogP contribution in [0.5, 0.6) is 0 Å². The quantitative estimate of drug-likeness (QED) is 0.557. The fraction of sp³-hybridized carbons (Fsp3) is 0.565. The Morgan fingerprint density at radius 1 is 1.26 bits per heavy atom. The van der Waals surface area contributed by atoms with Gasteiger partial charge in [-0.25, -0.2) is 13.2 Å². The number of sulfonamides is 1. The maximum atomic E-state index is 13.2. The first-order chi connectivity index (χ1) is 16.2. The largest absolute Gasteiger partial charge is 0.462 e. The highest BCUT2D eigenvalue weighted by Crippen LogP contribution is 2.40. The standard InChI is InChI=1S/C23H31N3O5S3/c1-4-31-23(28)20-17-8-7-15(2)14-18(17)33-22(20)24-21(27)16(3)25-9-11-26(12-10-25)34(29,30)19-6-5-13-32-19/h5-6,13,15-16H,4,7-12,14H2,1-3H3,(H,24,27)/t15-,16-/m1/s1. The molecule has 0 radical (unpaired) electrons. The van der Waals surface area contributed by atoms with E-state index in [1.165, 1.54) is 27.0 Å². The minimum absolute atomic E-state index is 0.202. The molecule has 8 nitrogen and oxygen atoms in total. The van der Waals surface area contributed by atoms with Crippen molar-refractivity contribution in [2.45, 2.75) is 50.3 Å². The monoisotopic (exact) mass is 525 g/mol. The van der Waals surface area contributed by atoms with Crippen molar-refractivity contribution in [1.29, 1.82) is 0 Å². The number of hydrogen-bond acceptors (Lipinski definition) is 8.